The maximum atomic E-state index is 13.6. The molecule has 0 amide bonds. The molecule has 0 heterocycles. The first-order valence-corrected chi connectivity index (χ1v) is 6.18. The molecule has 0 spiro atoms. The molecule has 2 atom stereocenters. The molecular formula is C14H22FNO. The Kier molecular flexibility index (Phi) is 5.59. The van der Waals surface area contributed by atoms with E-state index in [9.17, 15) is 9.50 Å². The third kappa shape index (κ3) is 4.10. The van der Waals surface area contributed by atoms with Gasteiger partial charge in [-0.15, -0.1) is 0 Å². The number of rotatable bonds is 6. The molecule has 0 aliphatic carbocycles. The van der Waals surface area contributed by atoms with Crippen LogP contribution in [-0.2, 0) is 0 Å². The second-order valence-corrected chi connectivity index (χ2v) is 4.90. The minimum absolute atomic E-state index is 0.264. The molecule has 0 radical (unpaired) electrons. The Morgan fingerprint density at radius 1 is 1.24 bits per heavy atom. The van der Waals surface area contributed by atoms with Crippen LogP contribution in [0.5, 0.6) is 0 Å². The number of aliphatic hydroxyl groups is 1. The number of halogens is 1. The maximum absolute atomic E-state index is 13.6. The Morgan fingerprint density at radius 3 is 2.41 bits per heavy atom. The zero-order valence-corrected chi connectivity index (χ0v) is 10.6. The van der Waals surface area contributed by atoms with Gasteiger partial charge in [0.1, 0.15) is 5.82 Å². The van der Waals surface area contributed by atoms with Crippen LogP contribution < -0.4 is 5.73 Å². The van der Waals surface area contributed by atoms with E-state index in [4.69, 9.17) is 5.73 Å². The Hall–Kier alpha value is -0.930. The molecule has 17 heavy (non-hydrogen) atoms. The average Bonchev–Trinajstić information content (AvgIpc) is 2.30. The largest absolute Gasteiger partial charge is 0.392 e. The Morgan fingerprint density at radius 2 is 1.88 bits per heavy atom. The van der Waals surface area contributed by atoms with Gasteiger partial charge in [0.2, 0.25) is 0 Å². The Balaban J connectivity index is 2.74. The second-order valence-electron chi connectivity index (χ2n) is 4.90. The van der Waals surface area contributed by atoms with Crippen molar-refractivity contribution in [2.45, 2.75) is 38.7 Å². The first-order chi connectivity index (χ1) is 8.06. The van der Waals surface area contributed by atoms with Gasteiger partial charge in [-0.25, -0.2) is 4.39 Å². The summed E-state index contributed by atoms with van der Waals surface area (Å²) in [6, 6.07) is 6.53. The molecule has 0 saturated heterocycles. The lowest BCUT2D eigenvalue weighted by atomic mass is 9.89. The van der Waals surface area contributed by atoms with Gasteiger partial charge in [-0.05, 0) is 30.4 Å². The van der Waals surface area contributed by atoms with Crippen molar-refractivity contribution >= 4 is 0 Å². The molecule has 1 aromatic rings. The van der Waals surface area contributed by atoms with Crippen molar-refractivity contribution in [1.29, 1.82) is 0 Å². The summed E-state index contributed by atoms with van der Waals surface area (Å²) < 4.78 is 13.6. The summed E-state index contributed by atoms with van der Waals surface area (Å²) in [7, 11) is 0. The highest BCUT2D eigenvalue weighted by Crippen LogP contribution is 2.25. The molecule has 96 valence electrons. The summed E-state index contributed by atoms with van der Waals surface area (Å²) in [5.41, 5.74) is 6.17. The molecule has 2 nitrogen and oxygen atoms in total. The van der Waals surface area contributed by atoms with Crippen LogP contribution in [0.1, 0.15) is 38.2 Å². The topological polar surface area (TPSA) is 46.2 Å². The molecule has 1 aromatic carbocycles. The van der Waals surface area contributed by atoms with E-state index in [1.54, 1.807) is 18.2 Å². The summed E-state index contributed by atoms with van der Waals surface area (Å²) in [4.78, 5) is 0. The van der Waals surface area contributed by atoms with E-state index in [0.717, 1.165) is 6.42 Å². The Bertz CT molecular complexity index is 341. The molecule has 3 N–H and O–H groups in total. The van der Waals surface area contributed by atoms with Gasteiger partial charge in [0, 0.05) is 12.5 Å². The van der Waals surface area contributed by atoms with E-state index in [2.05, 4.69) is 13.8 Å². The van der Waals surface area contributed by atoms with E-state index in [1.165, 1.54) is 6.07 Å². The number of benzene rings is 1. The van der Waals surface area contributed by atoms with Gasteiger partial charge < -0.3 is 10.8 Å². The summed E-state index contributed by atoms with van der Waals surface area (Å²) in [5, 5.41) is 10.1. The lowest BCUT2D eigenvalue weighted by Crippen LogP contribution is -2.27. The monoisotopic (exact) mass is 239 g/mol. The molecule has 0 bridgehead atoms. The van der Waals surface area contributed by atoms with Gasteiger partial charge >= 0.3 is 0 Å². The lowest BCUT2D eigenvalue weighted by molar-refractivity contribution is 0.127. The van der Waals surface area contributed by atoms with E-state index in [0.29, 0.717) is 17.9 Å². The predicted octanol–water partition coefficient (Wildman–Crippen LogP) is 2.67. The highest BCUT2D eigenvalue weighted by atomic mass is 19.1. The number of hydrogen-bond donors (Lipinski definition) is 2. The van der Waals surface area contributed by atoms with Crippen LogP contribution in [0.4, 0.5) is 4.39 Å². The summed E-state index contributed by atoms with van der Waals surface area (Å²) in [6.07, 6.45) is 1.01. The molecule has 0 aromatic heterocycles. The van der Waals surface area contributed by atoms with E-state index in [1.807, 2.05) is 0 Å². The van der Waals surface area contributed by atoms with Crippen LogP contribution >= 0.6 is 0 Å². The van der Waals surface area contributed by atoms with Gasteiger partial charge in [0.15, 0.2) is 0 Å². The van der Waals surface area contributed by atoms with Crippen LogP contribution in [0.15, 0.2) is 24.3 Å². The Labute approximate surface area is 103 Å². The smallest absolute Gasteiger partial charge is 0.126 e. The van der Waals surface area contributed by atoms with E-state index < -0.39 is 6.10 Å². The van der Waals surface area contributed by atoms with Crippen molar-refractivity contribution in [2.75, 3.05) is 6.54 Å². The van der Waals surface area contributed by atoms with E-state index >= 15 is 0 Å². The zero-order chi connectivity index (χ0) is 12.8. The van der Waals surface area contributed by atoms with Crippen molar-refractivity contribution in [3.05, 3.63) is 35.6 Å². The van der Waals surface area contributed by atoms with E-state index in [-0.39, 0.29) is 18.3 Å². The summed E-state index contributed by atoms with van der Waals surface area (Å²) >= 11 is 0. The molecule has 0 saturated carbocycles. The number of nitrogens with two attached hydrogens (primary N) is 1. The number of aliphatic hydroxyl groups excluding tert-OH is 1. The minimum atomic E-state index is -0.570. The molecule has 0 fully saturated rings. The highest BCUT2D eigenvalue weighted by molar-refractivity contribution is 5.23. The van der Waals surface area contributed by atoms with Crippen molar-refractivity contribution < 1.29 is 9.50 Å². The van der Waals surface area contributed by atoms with Crippen LogP contribution in [-0.4, -0.2) is 17.8 Å². The average molecular weight is 239 g/mol. The van der Waals surface area contributed by atoms with Crippen LogP contribution in [0.2, 0.25) is 0 Å². The van der Waals surface area contributed by atoms with Crippen LogP contribution in [0.3, 0.4) is 0 Å². The molecule has 3 heteroatoms. The van der Waals surface area contributed by atoms with Crippen molar-refractivity contribution in [3.63, 3.8) is 0 Å². The third-order valence-corrected chi connectivity index (χ3v) is 3.06. The maximum Gasteiger partial charge on any atom is 0.126 e. The first kappa shape index (κ1) is 14.1. The normalized spacial score (nSPS) is 14.9. The number of hydrogen-bond acceptors (Lipinski definition) is 2. The lowest BCUT2D eigenvalue weighted by Gasteiger charge is -2.23. The van der Waals surface area contributed by atoms with Crippen molar-refractivity contribution in [2.24, 2.45) is 11.7 Å². The summed E-state index contributed by atoms with van der Waals surface area (Å²) in [5.74, 6) is -0.0646. The standard InChI is InChI=1S/C14H22FNO/c1-10(2)7-8-14(17)12(9-16)11-5-3-4-6-13(11)15/h3-6,10,12,14,17H,7-9,16H2,1-2H3. The molecule has 0 aliphatic heterocycles. The van der Waals surface area contributed by atoms with Gasteiger partial charge in [-0.2, -0.15) is 0 Å². The second kappa shape index (κ2) is 6.72. The molecule has 1 rings (SSSR count). The molecule has 2 unspecified atom stereocenters. The fourth-order valence-electron chi connectivity index (χ4n) is 1.97. The third-order valence-electron chi connectivity index (χ3n) is 3.06. The fourth-order valence-corrected chi connectivity index (χ4v) is 1.97. The van der Waals surface area contributed by atoms with Crippen molar-refractivity contribution in [1.82, 2.24) is 0 Å². The summed E-state index contributed by atoms with van der Waals surface area (Å²) in [6.45, 7) is 4.47. The van der Waals surface area contributed by atoms with Gasteiger partial charge in [0.05, 0.1) is 6.10 Å². The van der Waals surface area contributed by atoms with Crippen molar-refractivity contribution in [3.8, 4) is 0 Å². The first-order valence-electron chi connectivity index (χ1n) is 6.18. The predicted molar refractivity (Wildman–Crippen MR) is 68.3 cm³/mol. The fraction of sp³-hybridized carbons (Fsp3) is 0.571. The van der Waals surface area contributed by atoms with Gasteiger partial charge in [0.25, 0.3) is 0 Å². The SMILES string of the molecule is CC(C)CCC(O)C(CN)c1ccccc1F. The zero-order valence-electron chi connectivity index (χ0n) is 10.6. The van der Waals surface area contributed by atoms with Crippen LogP contribution in [0, 0.1) is 11.7 Å². The van der Waals surface area contributed by atoms with Gasteiger partial charge in [-0.3, -0.25) is 0 Å². The molecular weight excluding hydrogens is 217 g/mol. The quantitative estimate of drug-likeness (QED) is 0.801. The highest BCUT2D eigenvalue weighted by Gasteiger charge is 2.22. The minimum Gasteiger partial charge on any atom is -0.392 e. The van der Waals surface area contributed by atoms with Gasteiger partial charge in [-0.1, -0.05) is 32.0 Å². The van der Waals surface area contributed by atoms with Crippen LogP contribution in [0.25, 0.3) is 0 Å². The molecule has 0 aliphatic rings.